The Labute approximate surface area is 179 Å². The van der Waals surface area contributed by atoms with Crippen LogP contribution in [0.25, 0.3) is 0 Å². The molecule has 2 aromatic heterocycles. The molecule has 2 atom stereocenters. The first-order valence-corrected chi connectivity index (χ1v) is 10.7. The van der Waals surface area contributed by atoms with Crippen LogP contribution < -0.4 is 5.32 Å². The summed E-state index contributed by atoms with van der Waals surface area (Å²) in [7, 11) is 1.61. The van der Waals surface area contributed by atoms with E-state index in [2.05, 4.69) is 10.3 Å². The minimum atomic E-state index is -0.508. The molecule has 6 nitrogen and oxygen atoms in total. The average molecular weight is 422 g/mol. The van der Waals surface area contributed by atoms with Gasteiger partial charge < -0.3 is 15.0 Å². The van der Waals surface area contributed by atoms with Crippen LogP contribution >= 0.6 is 11.3 Å². The Kier molecular flexibility index (Phi) is 6.21. The highest BCUT2D eigenvalue weighted by Crippen LogP contribution is 2.44. The number of carbonyl (C=O) groups is 2. The maximum absolute atomic E-state index is 13.5. The van der Waals surface area contributed by atoms with E-state index in [1.807, 2.05) is 47.8 Å². The molecule has 4 rings (SSSR count). The Morgan fingerprint density at radius 3 is 2.80 bits per heavy atom. The van der Waals surface area contributed by atoms with Gasteiger partial charge in [0.15, 0.2) is 0 Å². The minimum absolute atomic E-state index is 0.0719. The van der Waals surface area contributed by atoms with E-state index in [1.54, 1.807) is 41.8 Å². The van der Waals surface area contributed by atoms with Crippen molar-refractivity contribution in [2.24, 2.45) is 0 Å². The lowest BCUT2D eigenvalue weighted by Gasteiger charge is -2.41. The van der Waals surface area contributed by atoms with E-state index in [0.29, 0.717) is 25.3 Å². The number of ether oxygens (including phenoxy) is 1. The van der Waals surface area contributed by atoms with Crippen LogP contribution in [0.5, 0.6) is 0 Å². The maximum atomic E-state index is 13.5. The molecule has 3 aromatic rings. The molecule has 1 aliphatic heterocycles. The predicted octanol–water partition coefficient (Wildman–Crippen LogP) is 3.39. The molecule has 0 bridgehead atoms. The summed E-state index contributed by atoms with van der Waals surface area (Å²) >= 11 is 1.55. The summed E-state index contributed by atoms with van der Waals surface area (Å²) < 4.78 is 5.25. The molecule has 3 heterocycles. The quantitative estimate of drug-likeness (QED) is 0.635. The molecule has 0 spiro atoms. The highest BCUT2D eigenvalue weighted by atomic mass is 32.1. The van der Waals surface area contributed by atoms with Gasteiger partial charge in [0.25, 0.3) is 5.91 Å². The number of pyridine rings is 1. The van der Waals surface area contributed by atoms with Gasteiger partial charge in [-0.2, -0.15) is 0 Å². The number of carbonyl (C=O) groups excluding carboxylic acids is 2. The first kappa shape index (κ1) is 20.3. The van der Waals surface area contributed by atoms with Crippen molar-refractivity contribution in [2.45, 2.75) is 18.5 Å². The van der Waals surface area contributed by atoms with Gasteiger partial charge >= 0.3 is 0 Å². The zero-order chi connectivity index (χ0) is 20.9. The van der Waals surface area contributed by atoms with E-state index in [0.717, 1.165) is 16.0 Å². The van der Waals surface area contributed by atoms with Crippen molar-refractivity contribution in [3.63, 3.8) is 0 Å². The van der Waals surface area contributed by atoms with Crippen molar-refractivity contribution in [1.82, 2.24) is 15.2 Å². The summed E-state index contributed by atoms with van der Waals surface area (Å²) in [5.41, 5.74) is 2.26. The van der Waals surface area contributed by atoms with Gasteiger partial charge in [0.05, 0.1) is 18.6 Å². The number of methoxy groups -OCH3 is 1. The molecule has 7 heteroatoms. The molecule has 154 valence electrons. The van der Waals surface area contributed by atoms with E-state index in [4.69, 9.17) is 4.74 Å². The Morgan fingerprint density at radius 2 is 2.07 bits per heavy atom. The molecule has 2 amide bonds. The van der Waals surface area contributed by atoms with Gasteiger partial charge in [-0.3, -0.25) is 14.6 Å². The van der Waals surface area contributed by atoms with Gasteiger partial charge in [-0.15, -0.1) is 11.3 Å². The van der Waals surface area contributed by atoms with Crippen LogP contribution in [-0.4, -0.2) is 42.0 Å². The number of rotatable bonds is 7. The van der Waals surface area contributed by atoms with Crippen molar-refractivity contribution in [3.8, 4) is 0 Å². The summed E-state index contributed by atoms with van der Waals surface area (Å²) in [6.07, 6.45) is 3.44. The van der Waals surface area contributed by atoms with Gasteiger partial charge in [0.1, 0.15) is 0 Å². The minimum Gasteiger partial charge on any atom is -0.383 e. The number of benzene rings is 1. The second-order valence-electron chi connectivity index (χ2n) is 7.10. The first-order valence-electron chi connectivity index (χ1n) is 9.79. The molecule has 0 radical (unpaired) electrons. The number of aromatic nitrogens is 1. The van der Waals surface area contributed by atoms with Crippen molar-refractivity contribution >= 4 is 23.2 Å². The largest absolute Gasteiger partial charge is 0.383 e. The first-order chi connectivity index (χ1) is 14.7. The third kappa shape index (κ3) is 3.99. The highest BCUT2D eigenvalue weighted by Gasteiger charge is 2.44. The Balaban J connectivity index is 1.72. The Morgan fingerprint density at radius 1 is 1.20 bits per heavy atom. The Hall–Kier alpha value is -3.03. The normalized spacial score (nSPS) is 18.2. The zero-order valence-electron chi connectivity index (χ0n) is 16.7. The van der Waals surface area contributed by atoms with Crippen molar-refractivity contribution in [3.05, 3.63) is 87.9 Å². The molecular weight excluding hydrogens is 398 g/mol. The van der Waals surface area contributed by atoms with Crippen LogP contribution in [0, 0.1) is 0 Å². The second kappa shape index (κ2) is 9.19. The second-order valence-corrected chi connectivity index (χ2v) is 8.07. The standard InChI is InChI=1S/C23H23N3O3S/c1-29-12-11-26-21(19-9-5-13-30-19)20(17-7-2-3-8-18(17)23(26)28)22(27)25-15-16-6-4-10-24-14-16/h2-10,13-14,20-21H,11-12,15H2,1H3,(H,25,27). The number of nitrogens with zero attached hydrogens (tertiary/aromatic N) is 2. The monoisotopic (exact) mass is 421 g/mol. The van der Waals surface area contributed by atoms with Crippen LogP contribution in [0.2, 0.25) is 0 Å². The lowest BCUT2D eigenvalue weighted by atomic mass is 9.81. The SMILES string of the molecule is COCCN1C(=O)c2ccccc2C(C(=O)NCc2cccnc2)C1c1cccs1. The molecule has 1 aliphatic rings. The third-order valence-electron chi connectivity index (χ3n) is 5.28. The van der Waals surface area contributed by atoms with Crippen LogP contribution in [0.1, 0.15) is 38.3 Å². The molecule has 0 fully saturated rings. The van der Waals surface area contributed by atoms with E-state index < -0.39 is 5.92 Å². The number of hydrogen-bond acceptors (Lipinski definition) is 5. The number of thiophene rings is 1. The lowest BCUT2D eigenvalue weighted by Crippen LogP contribution is -2.48. The summed E-state index contributed by atoms with van der Waals surface area (Å²) in [5.74, 6) is -0.692. The van der Waals surface area contributed by atoms with Crippen LogP contribution in [0.3, 0.4) is 0 Å². The van der Waals surface area contributed by atoms with Crippen LogP contribution in [0.15, 0.2) is 66.3 Å². The fourth-order valence-electron chi connectivity index (χ4n) is 3.89. The molecular formula is C23H23N3O3S. The predicted molar refractivity (Wildman–Crippen MR) is 115 cm³/mol. The van der Waals surface area contributed by atoms with Gasteiger partial charge in [0, 0.05) is 43.0 Å². The number of amides is 2. The molecule has 1 N–H and O–H groups in total. The van der Waals surface area contributed by atoms with Gasteiger partial charge in [-0.25, -0.2) is 0 Å². The number of nitrogens with one attached hydrogen (secondary N) is 1. The maximum Gasteiger partial charge on any atom is 0.254 e. The topological polar surface area (TPSA) is 71.5 Å². The molecule has 0 saturated carbocycles. The van der Waals surface area contributed by atoms with Gasteiger partial charge in [0.2, 0.25) is 5.91 Å². The molecule has 0 saturated heterocycles. The van der Waals surface area contributed by atoms with Gasteiger partial charge in [-0.1, -0.05) is 30.3 Å². The molecule has 1 aromatic carbocycles. The summed E-state index contributed by atoms with van der Waals surface area (Å²) in [6.45, 7) is 1.20. The summed E-state index contributed by atoms with van der Waals surface area (Å²) in [6, 6.07) is 14.7. The highest BCUT2D eigenvalue weighted by molar-refractivity contribution is 7.10. The number of fused-ring (bicyclic) bond motifs is 1. The van der Waals surface area contributed by atoms with Crippen LogP contribution in [-0.2, 0) is 16.1 Å². The fourth-order valence-corrected chi connectivity index (χ4v) is 4.76. The molecule has 0 aliphatic carbocycles. The van der Waals surface area contributed by atoms with Crippen LogP contribution in [0.4, 0.5) is 0 Å². The van der Waals surface area contributed by atoms with E-state index in [9.17, 15) is 9.59 Å². The smallest absolute Gasteiger partial charge is 0.254 e. The summed E-state index contributed by atoms with van der Waals surface area (Å²) in [4.78, 5) is 33.6. The van der Waals surface area contributed by atoms with E-state index in [-0.39, 0.29) is 17.9 Å². The van der Waals surface area contributed by atoms with E-state index in [1.165, 1.54) is 0 Å². The Bertz CT molecular complexity index is 1010. The third-order valence-corrected chi connectivity index (χ3v) is 6.22. The lowest BCUT2D eigenvalue weighted by molar-refractivity contribution is -0.124. The van der Waals surface area contributed by atoms with Crippen molar-refractivity contribution < 1.29 is 14.3 Å². The summed E-state index contributed by atoms with van der Waals surface area (Å²) in [5, 5.41) is 5.02. The number of hydrogen-bond donors (Lipinski definition) is 1. The van der Waals surface area contributed by atoms with E-state index >= 15 is 0 Å². The molecule has 30 heavy (non-hydrogen) atoms. The van der Waals surface area contributed by atoms with Gasteiger partial charge in [-0.05, 0) is 34.7 Å². The average Bonchev–Trinajstić information content (AvgIpc) is 3.32. The van der Waals surface area contributed by atoms with Crippen molar-refractivity contribution in [1.29, 1.82) is 0 Å². The van der Waals surface area contributed by atoms with Crippen molar-refractivity contribution in [2.75, 3.05) is 20.3 Å². The molecule has 2 unspecified atom stereocenters. The zero-order valence-corrected chi connectivity index (χ0v) is 17.5. The fraction of sp³-hybridized carbons (Fsp3) is 0.261.